The lowest BCUT2D eigenvalue weighted by Gasteiger charge is -2.10. The van der Waals surface area contributed by atoms with Crippen LogP contribution < -0.4 is 10.1 Å². The molecule has 7 heteroatoms. The molecule has 0 aliphatic carbocycles. The molecule has 0 saturated heterocycles. The number of ketones is 1. The zero-order valence-corrected chi connectivity index (χ0v) is 12.9. The van der Waals surface area contributed by atoms with Crippen LogP contribution in [0.4, 0.5) is 4.39 Å². The Bertz CT molecular complexity index is 544. The van der Waals surface area contributed by atoms with E-state index in [0.717, 1.165) is 6.42 Å². The van der Waals surface area contributed by atoms with E-state index in [1.54, 1.807) is 24.3 Å². The van der Waals surface area contributed by atoms with Gasteiger partial charge in [-0.15, -0.1) is 0 Å². The van der Waals surface area contributed by atoms with Crippen molar-refractivity contribution in [1.82, 2.24) is 5.32 Å². The highest BCUT2D eigenvalue weighted by molar-refractivity contribution is 5.98. The van der Waals surface area contributed by atoms with Crippen molar-refractivity contribution in [2.75, 3.05) is 13.3 Å². The summed E-state index contributed by atoms with van der Waals surface area (Å²) < 4.78 is 17.8. The second-order valence-electron chi connectivity index (χ2n) is 4.91. The van der Waals surface area contributed by atoms with Crippen LogP contribution in [0.5, 0.6) is 5.75 Å². The first kappa shape index (κ1) is 18.6. The van der Waals surface area contributed by atoms with Crippen LogP contribution in [0.2, 0.25) is 0 Å². The minimum atomic E-state index is -1.58. The Labute approximate surface area is 133 Å². The zero-order chi connectivity index (χ0) is 17.2. The number of nitrogens with one attached hydrogen (secondary N) is 1. The van der Waals surface area contributed by atoms with Crippen molar-refractivity contribution in [3.8, 4) is 5.75 Å². The fourth-order valence-corrected chi connectivity index (χ4v) is 1.76. The number of alkyl halides is 1. The maximum Gasteiger partial charge on any atom is 0.328 e. The summed E-state index contributed by atoms with van der Waals surface area (Å²) in [6.07, 6.45) is 0.600. The van der Waals surface area contributed by atoms with Gasteiger partial charge in [-0.3, -0.25) is 9.59 Å². The Morgan fingerprint density at radius 2 is 1.87 bits per heavy atom. The van der Waals surface area contributed by atoms with E-state index in [-0.39, 0.29) is 18.6 Å². The number of carbonyl (C=O) groups is 3. The highest BCUT2D eigenvalue weighted by atomic mass is 19.1. The fraction of sp³-hybridized carbons (Fsp3) is 0.438. The molecule has 0 bridgehead atoms. The molecule has 1 aromatic carbocycles. The molecule has 0 radical (unpaired) electrons. The van der Waals surface area contributed by atoms with E-state index in [2.05, 4.69) is 0 Å². The Balaban J connectivity index is 2.46. The van der Waals surface area contributed by atoms with Crippen LogP contribution in [0.15, 0.2) is 24.3 Å². The number of carbonyl (C=O) groups excluding carboxylic acids is 2. The summed E-state index contributed by atoms with van der Waals surface area (Å²) in [4.78, 5) is 34.1. The SMILES string of the molecule is CCCOc1ccc(C(=O)CCC(=O)NC(CF)C(=O)O)cc1. The van der Waals surface area contributed by atoms with Gasteiger partial charge in [-0.25, -0.2) is 9.18 Å². The molecule has 1 amide bonds. The molecule has 126 valence electrons. The average molecular weight is 325 g/mol. The van der Waals surface area contributed by atoms with Gasteiger partial charge < -0.3 is 15.2 Å². The first-order valence-electron chi connectivity index (χ1n) is 7.32. The third kappa shape index (κ3) is 6.46. The number of carboxylic acids is 1. The van der Waals surface area contributed by atoms with Crippen LogP contribution in [0.1, 0.15) is 36.5 Å². The van der Waals surface area contributed by atoms with Crippen molar-refractivity contribution in [3.05, 3.63) is 29.8 Å². The van der Waals surface area contributed by atoms with Crippen LogP contribution in [-0.2, 0) is 9.59 Å². The summed E-state index contributed by atoms with van der Waals surface area (Å²) in [7, 11) is 0. The van der Waals surface area contributed by atoms with Gasteiger partial charge in [-0.05, 0) is 30.7 Å². The monoisotopic (exact) mass is 325 g/mol. The third-order valence-electron chi connectivity index (χ3n) is 3.02. The number of benzene rings is 1. The lowest BCUT2D eigenvalue weighted by atomic mass is 10.1. The molecule has 0 heterocycles. The van der Waals surface area contributed by atoms with Gasteiger partial charge in [0.25, 0.3) is 0 Å². The van der Waals surface area contributed by atoms with E-state index in [1.807, 2.05) is 12.2 Å². The molecular formula is C16H20FNO5. The van der Waals surface area contributed by atoms with Crippen LogP contribution >= 0.6 is 0 Å². The molecule has 23 heavy (non-hydrogen) atoms. The Morgan fingerprint density at radius 3 is 2.39 bits per heavy atom. The Morgan fingerprint density at radius 1 is 1.22 bits per heavy atom. The first-order valence-corrected chi connectivity index (χ1v) is 7.32. The molecule has 0 spiro atoms. The van der Waals surface area contributed by atoms with Gasteiger partial charge in [0.05, 0.1) is 6.61 Å². The summed E-state index contributed by atoms with van der Waals surface area (Å²) in [6.45, 7) is 1.38. The molecule has 0 aliphatic rings. The average Bonchev–Trinajstić information content (AvgIpc) is 2.55. The third-order valence-corrected chi connectivity index (χ3v) is 3.02. The number of amides is 1. The quantitative estimate of drug-likeness (QED) is 0.642. The van der Waals surface area contributed by atoms with Gasteiger partial charge in [-0.2, -0.15) is 0 Å². The molecule has 1 aromatic rings. The van der Waals surface area contributed by atoms with Crippen molar-refractivity contribution in [1.29, 1.82) is 0 Å². The standard InChI is InChI=1S/C16H20FNO5/c1-2-9-23-12-5-3-11(4-6-12)14(19)7-8-15(20)18-13(10-17)16(21)22/h3-6,13H,2,7-10H2,1H3,(H,18,20)(H,21,22). The van der Waals surface area contributed by atoms with Crippen molar-refractivity contribution in [3.63, 3.8) is 0 Å². The van der Waals surface area contributed by atoms with Crippen molar-refractivity contribution in [2.45, 2.75) is 32.2 Å². The smallest absolute Gasteiger partial charge is 0.328 e. The Hall–Kier alpha value is -2.44. The number of aliphatic carboxylic acids is 1. The van der Waals surface area contributed by atoms with E-state index in [1.165, 1.54) is 0 Å². The summed E-state index contributed by atoms with van der Waals surface area (Å²) in [5.41, 5.74) is 0.432. The second kappa shape index (κ2) is 9.55. The molecule has 2 N–H and O–H groups in total. The molecule has 1 unspecified atom stereocenters. The van der Waals surface area contributed by atoms with E-state index in [4.69, 9.17) is 9.84 Å². The predicted molar refractivity (Wildman–Crippen MR) is 81.3 cm³/mol. The number of ether oxygens (including phenoxy) is 1. The van der Waals surface area contributed by atoms with Gasteiger partial charge in [0.1, 0.15) is 12.4 Å². The minimum absolute atomic E-state index is 0.0837. The molecule has 0 fully saturated rings. The number of hydrogen-bond donors (Lipinski definition) is 2. The molecular weight excluding hydrogens is 305 g/mol. The summed E-state index contributed by atoms with van der Waals surface area (Å²) in [5.74, 6) is -1.72. The summed E-state index contributed by atoms with van der Waals surface area (Å²) in [5, 5.41) is 10.7. The van der Waals surface area contributed by atoms with Gasteiger partial charge in [0, 0.05) is 18.4 Å². The van der Waals surface area contributed by atoms with Gasteiger partial charge >= 0.3 is 5.97 Å². The number of rotatable bonds is 10. The number of Topliss-reactive ketones (excluding diaryl/α,β-unsaturated/α-hetero) is 1. The second-order valence-corrected chi connectivity index (χ2v) is 4.91. The zero-order valence-electron chi connectivity index (χ0n) is 12.9. The molecule has 1 rings (SSSR count). The van der Waals surface area contributed by atoms with E-state index >= 15 is 0 Å². The van der Waals surface area contributed by atoms with E-state index in [0.29, 0.717) is 17.9 Å². The van der Waals surface area contributed by atoms with Crippen molar-refractivity contribution in [2.24, 2.45) is 0 Å². The lowest BCUT2D eigenvalue weighted by Crippen LogP contribution is -2.42. The topological polar surface area (TPSA) is 92.7 Å². The minimum Gasteiger partial charge on any atom is -0.494 e. The number of carboxylic acid groups (broad SMARTS) is 1. The van der Waals surface area contributed by atoms with Crippen molar-refractivity contribution < 1.29 is 28.6 Å². The van der Waals surface area contributed by atoms with Crippen molar-refractivity contribution >= 4 is 17.7 Å². The van der Waals surface area contributed by atoms with E-state index in [9.17, 15) is 18.8 Å². The predicted octanol–water partition coefficient (Wildman–Crippen LogP) is 1.98. The molecule has 0 saturated carbocycles. The van der Waals surface area contributed by atoms with Crippen LogP contribution in [0, 0.1) is 0 Å². The highest BCUT2D eigenvalue weighted by Gasteiger charge is 2.20. The normalized spacial score (nSPS) is 11.6. The van der Waals surface area contributed by atoms with Gasteiger partial charge in [-0.1, -0.05) is 6.92 Å². The fourth-order valence-electron chi connectivity index (χ4n) is 1.76. The van der Waals surface area contributed by atoms with Crippen LogP contribution in [0.25, 0.3) is 0 Å². The maximum absolute atomic E-state index is 12.4. The highest BCUT2D eigenvalue weighted by Crippen LogP contribution is 2.14. The van der Waals surface area contributed by atoms with Crippen LogP contribution in [0.3, 0.4) is 0 Å². The lowest BCUT2D eigenvalue weighted by molar-refractivity contribution is -0.142. The molecule has 1 atom stereocenters. The molecule has 0 aromatic heterocycles. The van der Waals surface area contributed by atoms with Crippen LogP contribution in [-0.4, -0.2) is 42.1 Å². The number of hydrogen-bond acceptors (Lipinski definition) is 4. The van der Waals surface area contributed by atoms with Gasteiger partial charge in [0.15, 0.2) is 11.8 Å². The molecule has 6 nitrogen and oxygen atoms in total. The summed E-state index contributed by atoms with van der Waals surface area (Å²) in [6, 6.07) is 4.98. The molecule has 0 aliphatic heterocycles. The van der Waals surface area contributed by atoms with Gasteiger partial charge in [0.2, 0.25) is 5.91 Å². The number of halogens is 1. The summed E-state index contributed by atoms with van der Waals surface area (Å²) >= 11 is 0. The Kier molecular flexibility index (Phi) is 7.73. The largest absolute Gasteiger partial charge is 0.494 e. The maximum atomic E-state index is 12.4. The first-order chi connectivity index (χ1) is 11.0. The van der Waals surface area contributed by atoms with E-state index < -0.39 is 24.6 Å².